The molecular formula is C65H39N5O2. The van der Waals surface area contributed by atoms with E-state index in [1.165, 1.54) is 0 Å². The second-order valence-corrected chi connectivity index (χ2v) is 18.0. The maximum atomic E-state index is 6.59. The summed E-state index contributed by atoms with van der Waals surface area (Å²) in [6.45, 7) is 0. The first-order valence-corrected chi connectivity index (χ1v) is 24.0. The van der Waals surface area contributed by atoms with Crippen LogP contribution in [-0.4, -0.2) is 24.9 Å². The smallest absolute Gasteiger partial charge is 0.164 e. The number of para-hydroxylation sites is 1. The van der Waals surface area contributed by atoms with Crippen molar-refractivity contribution in [2.24, 2.45) is 0 Å². The molecule has 10 aromatic carbocycles. The second kappa shape index (κ2) is 17.0. The van der Waals surface area contributed by atoms with Crippen LogP contribution in [0.1, 0.15) is 0 Å². The van der Waals surface area contributed by atoms with E-state index in [1.807, 2.05) is 91.0 Å². The molecule has 14 aromatic rings. The summed E-state index contributed by atoms with van der Waals surface area (Å²) in [7, 11) is 0. The van der Waals surface area contributed by atoms with Crippen LogP contribution in [0.15, 0.2) is 245 Å². The molecular weight excluding hydrogens is 883 g/mol. The van der Waals surface area contributed by atoms with Crippen molar-refractivity contribution in [2.75, 3.05) is 0 Å². The van der Waals surface area contributed by atoms with Crippen molar-refractivity contribution in [3.63, 3.8) is 0 Å². The zero-order chi connectivity index (χ0) is 47.5. The fourth-order valence-corrected chi connectivity index (χ4v) is 10.0. The minimum Gasteiger partial charge on any atom is -0.456 e. The number of furan rings is 2. The molecule has 0 saturated heterocycles. The first kappa shape index (κ1) is 41.2. The number of rotatable bonds is 8. The summed E-state index contributed by atoms with van der Waals surface area (Å²) in [6.07, 6.45) is 0. The molecule has 7 nitrogen and oxygen atoms in total. The summed E-state index contributed by atoms with van der Waals surface area (Å²) in [6, 6.07) is 81.3. The van der Waals surface area contributed by atoms with Gasteiger partial charge in [0.25, 0.3) is 0 Å². The fraction of sp³-hybridized carbons (Fsp3) is 0. The Morgan fingerprint density at radius 3 is 1.29 bits per heavy atom. The molecule has 0 bridgehead atoms. The van der Waals surface area contributed by atoms with Crippen molar-refractivity contribution < 1.29 is 8.83 Å². The van der Waals surface area contributed by atoms with Crippen LogP contribution in [0.3, 0.4) is 0 Å². The molecule has 7 heteroatoms. The molecule has 0 amide bonds. The van der Waals surface area contributed by atoms with Gasteiger partial charge in [0.15, 0.2) is 23.3 Å². The van der Waals surface area contributed by atoms with Gasteiger partial charge in [0.1, 0.15) is 22.3 Å². The SMILES string of the molecule is c1ccc(-c2cc(-c3ccccc3)cc(-c3nc(-c4cccc5oc6ccc(-c7ccc8oc9ccc(-c%10nc(-c%11ccccc%11)nc(-c%11ccccc%11)n%10)cc9c8c7)cc6c45)nc4ccccc34)c2)cc1. The van der Waals surface area contributed by atoms with Gasteiger partial charge in [-0.3, -0.25) is 0 Å². The van der Waals surface area contributed by atoms with Crippen LogP contribution < -0.4 is 0 Å². The van der Waals surface area contributed by atoms with E-state index in [4.69, 9.17) is 33.8 Å². The van der Waals surface area contributed by atoms with Crippen LogP contribution in [0.2, 0.25) is 0 Å². The molecule has 0 radical (unpaired) electrons. The van der Waals surface area contributed by atoms with Crippen LogP contribution in [0.25, 0.3) is 145 Å². The third-order valence-electron chi connectivity index (χ3n) is 13.5. The van der Waals surface area contributed by atoms with Crippen molar-refractivity contribution in [3.05, 3.63) is 237 Å². The molecule has 336 valence electrons. The van der Waals surface area contributed by atoms with E-state index in [-0.39, 0.29) is 0 Å². The zero-order valence-corrected chi connectivity index (χ0v) is 38.6. The van der Waals surface area contributed by atoms with Crippen molar-refractivity contribution in [2.45, 2.75) is 0 Å². The molecule has 72 heavy (non-hydrogen) atoms. The molecule has 0 unspecified atom stereocenters. The second-order valence-electron chi connectivity index (χ2n) is 18.0. The minimum absolute atomic E-state index is 0.586. The van der Waals surface area contributed by atoms with Crippen molar-refractivity contribution in [1.82, 2.24) is 24.9 Å². The van der Waals surface area contributed by atoms with E-state index in [0.717, 1.165) is 122 Å². The van der Waals surface area contributed by atoms with Crippen LogP contribution in [0.5, 0.6) is 0 Å². The molecule has 0 spiro atoms. The summed E-state index contributed by atoms with van der Waals surface area (Å²) in [4.78, 5) is 25.7. The average Bonchev–Trinajstić information content (AvgIpc) is 4.03. The van der Waals surface area contributed by atoms with Gasteiger partial charge in [-0.2, -0.15) is 0 Å². The van der Waals surface area contributed by atoms with Crippen molar-refractivity contribution >= 4 is 54.8 Å². The molecule has 0 saturated carbocycles. The standard InChI is InChI=1S/C65H39N5O2/c1-5-16-40(17-6-1)47-34-48(41-18-7-2-8-19-41)36-49(35-47)61-50-24-13-14-26-55(50)66-65(67-61)51-25-15-27-59-60(51)54-38-45(29-32-58(54)72-59)44-28-31-56-52(37-44)53-39-46(30-33-57(53)71-56)64-69-62(42-20-9-3-10-21-42)68-63(70-64)43-22-11-4-12-23-43/h1-39H. The van der Waals surface area contributed by atoms with E-state index >= 15 is 0 Å². The monoisotopic (exact) mass is 921 g/mol. The number of aromatic nitrogens is 5. The lowest BCUT2D eigenvalue weighted by Crippen LogP contribution is -2.00. The van der Waals surface area contributed by atoms with E-state index < -0.39 is 0 Å². The zero-order valence-electron chi connectivity index (χ0n) is 38.6. The Hall–Kier alpha value is -9.85. The van der Waals surface area contributed by atoms with Crippen LogP contribution in [0, 0.1) is 0 Å². The van der Waals surface area contributed by atoms with Crippen LogP contribution in [0.4, 0.5) is 0 Å². The molecule has 0 N–H and O–H groups in total. The van der Waals surface area contributed by atoms with Crippen molar-refractivity contribution in [3.8, 4) is 90.2 Å². The lowest BCUT2D eigenvalue weighted by molar-refractivity contribution is 0.668. The van der Waals surface area contributed by atoms with Gasteiger partial charge >= 0.3 is 0 Å². The molecule has 0 aliphatic rings. The maximum absolute atomic E-state index is 6.59. The number of hydrogen-bond donors (Lipinski definition) is 0. The topological polar surface area (TPSA) is 90.7 Å². The Morgan fingerprint density at radius 1 is 0.236 bits per heavy atom. The Labute approximate surface area is 413 Å². The summed E-state index contributed by atoms with van der Waals surface area (Å²) in [5, 5.41) is 4.88. The molecule has 4 aromatic heterocycles. The average molecular weight is 922 g/mol. The van der Waals surface area contributed by atoms with Gasteiger partial charge in [-0.1, -0.05) is 164 Å². The first-order valence-electron chi connectivity index (χ1n) is 24.0. The molecule has 0 fully saturated rings. The normalized spacial score (nSPS) is 11.6. The third kappa shape index (κ3) is 7.27. The summed E-state index contributed by atoms with van der Waals surface area (Å²) < 4.78 is 13.0. The van der Waals surface area contributed by atoms with Crippen LogP contribution in [-0.2, 0) is 0 Å². The maximum Gasteiger partial charge on any atom is 0.164 e. The van der Waals surface area contributed by atoms with Gasteiger partial charge in [0, 0.05) is 54.7 Å². The molecule has 0 aliphatic heterocycles. The predicted molar refractivity (Wildman–Crippen MR) is 291 cm³/mol. The summed E-state index contributed by atoms with van der Waals surface area (Å²) in [5.41, 5.74) is 16.1. The van der Waals surface area contributed by atoms with Crippen molar-refractivity contribution in [1.29, 1.82) is 0 Å². The van der Waals surface area contributed by atoms with Gasteiger partial charge in [-0.25, -0.2) is 24.9 Å². The molecule has 4 heterocycles. The lowest BCUT2D eigenvalue weighted by Gasteiger charge is -2.14. The van der Waals surface area contributed by atoms with Gasteiger partial charge in [-0.15, -0.1) is 0 Å². The molecule has 0 atom stereocenters. The van der Waals surface area contributed by atoms with E-state index in [0.29, 0.717) is 23.3 Å². The Bertz CT molecular complexity index is 4260. The predicted octanol–water partition coefficient (Wildman–Crippen LogP) is 16.9. The summed E-state index contributed by atoms with van der Waals surface area (Å²) >= 11 is 0. The van der Waals surface area contributed by atoms with Gasteiger partial charge in [0.05, 0.1) is 11.2 Å². The van der Waals surface area contributed by atoms with E-state index in [2.05, 4.69) is 146 Å². The largest absolute Gasteiger partial charge is 0.456 e. The minimum atomic E-state index is 0.586. The summed E-state index contributed by atoms with van der Waals surface area (Å²) in [5.74, 6) is 2.44. The Morgan fingerprint density at radius 2 is 0.694 bits per heavy atom. The Balaban J connectivity index is 0.891. The number of fused-ring (bicyclic) bond motifs is 7. The highest BCUT2D eigenvalue weighted by molar-refractivity contribution is 6.14. The third-order valence-corrected chi connectivity index (χ3v) is 13.5. The highest BCUT2D eigenvalue weighted by Crippen LogP contribution is 2.42. The molecule has 0 aliphatic carbocycles. The van der Waals surface area contributed by atoms with Gasteiger partial charge < -0.3 is 8.83 Å². The highest BCUT2D eigenvalue weighted by Gasteiger charge is 2.20. The first-order chi connectivity index (χ1) is 35.6. The Kier molecular flexibility index (Phi) is 9.70. The van der Waals surface area contributed by atoms with E-state index in [1.54, 1.807) is 0 Å². The quantitative estimate of drug-likeness (QED) is 0.150. The van der Waals surface area contributed by atoms with E-state index in [9.17, 15) is 0 Å². The van der Waals surface area contributed by atoms with Crippen LogP contribution >= 0.6 is 0 Å². The van der Waals surface area contributed by atoms with Gasteiger partial charge in [-0.05, 0) is 106 Å². The number of benzene rings is 10. The van der Waals surface area contributed by atoms with Gasteiger partial charge in [0.2, 0.25) is 0 Å². The lowest BCUT2D eigenvalue weighted by atomic mass is 9.94. The molecule has 14 rings (SSSR count). The number of hydrogen-bond acceptors (Lipinski definition) is 7. The number of nitrogens with zero attached hydrogens (tertiary/aromatic N) is 5. The fourth-order valence-electron chi connectivity index (χ4n) is 10.0. The highest BCUT2D eigenvalue weighted by atomic mass is 16.3.